The van der Waals surface area contributed by atoms with Gasteiger partial charge in [-0.25, -0.2) is 8.42 Å². The summed E-state index contributed by atoms with van der Waals surface area (Å²) in [4.78, 5) is 15.1. The zero-order valence-corrected chi connectivity index (χ0v) is 24.6. The monoisotopic (exact) mass is 601 g/mol. The van der Waals surface area contributed by atoms with E-state index in [9.17, 15) is 23.6 Å². The van der Waals surface area contributed by atoms with Crippen molar-refractivity contribution in [3.05, 3.63) is 83.3 Å². The van der Waals surface area contributed by atoms with E-state index in [1.165, 1.54) is 40.9 Å². The molecule has 1 spiro atoms. The maximum absolute atomic E-state index is 14.1. The summed E-state index contributed by atoms with van der Waals surface area (Å²) < 4.78 is 47.0. The normalized spacial score (nSPS) is 29.0. The molecule has 2 bridgehead atoms. The van der Waals surface area contributed by atoms with Crippen LogP contribution >= 0.6 is 0 Å². The van der Waals surface area contributed by atoms with Crippen LogP contribution in [-0.4, -0.2) is 73.1 Å². The summed E-state index contributed by atoms with van der Waals surface area (Å²) in [7, 11) is -0.693. The van der Waals surface area contributed by atoms with Gasteiger partial charge in [0.15, 0.2) is 11.5 Å². The van der Waals surface area contributed by atoms with Gasteiger partial charge in [0.05, 0.1) is 59.3 Å². The largest absolute Gasteiger partial charge is 0.493 e. The van der Waals surface area contributed by atoms with Crippen LogP contribution in [0.4, 0.5) is 0 Å². The lowest BCUT2D eigenvalue weighted by Crippen LogP contribution is -2.78. The van der Waals surface area contributed by atoms with Crippen molar-refractivity contribution < 1.29 is 32.2 Å². The van der Waals surface area contributed by atoms with Crippen LogP contribution in [0.3, 0.4) is 0 Å². The first kappa shape index (κ1) is 27.7. The molecule has 222 valence electrons. The van der Waals surface area contributed by atoms with Gasteiger partial charge in [0.2, 0.25) is 15.9 Å². The van der Waals surface area contributed by atoms with E-state index in [1.54, 1.807) is 37.5 Å². The van der Waals surface area contributed by atoms with Crippen molar-refractivity contribution in [1.29, 1.82) is 5.26 Å². The maximum Gasteiger partial charge on any atom is 0.246 e. The van der Waals surface area contributed by atoms with Crippen molar-refractivity contribution in [2.45, 2.75) is 59.8 Å². The number of rotatable bonds is 6. The van der Waals surface area contributed by atoms with E-state index < -0.39 is 33.2 Å². The molecule has 1 saturated heterocycles. The Morgan fingerprint density at radius 1 is 1.21 bits per heavy atom. The van der Waals surface area contributed by atoms with Gasteiger partial charge >= 0.3 is 0 Å². The summed E-state index contributed by atoms with van der Waals surface area (Å²) in [6.45, 7) is 0.163. The predicted molar refractivity (Wildman–Crippen MR) is 155 cm³/mol. The number of hydrogen-bond acceptors (Lipinski definition) is 8. The summed E-state index contributed by atoms with van der Waals surface area (Å²) in [6, 6.07) is 12.3. The quantitative estimate of drug-likeness (QED) is 0.426. The van der Waals surface area contributed by atoms with Crippen molar-refractivity contribution in [3.8, 4) is 17.6 Å². The average molecular weight is 602 g/mol. The standard InChI is InChI=1S/C32H31N3O7S/c1-34(27(36)10-5-21-12-16-41-19-21)24-11-13-32(37)26-17-22-6-9-25(40-2)29-28(22)31(32,30(24)42-29)14-15-35(26)43(38,39)23-7-3-20(18-33)4-8-23/h3-10,12,16,19,24,26,30,37H,11,13-15,17H2,1-2H3/b10-5+/t24-,26-,30+,31+,32-/m1/s1. The number of furan rings is 1. The molecule has 4 aliphatic rings. The van der Waals surface area contributed by atoms with E-state index >= 15 is 0 Å². The lowest BCUT2D eigenvalue weighted by Gasteiger charge is -2.64. The number of carbonyl (C=O) groups is 1. The van der Waals surface area contributed by atoms with Crippen LogP contribution < -0.4 is 9.47 Å². The zero-order chi connectivity index (χ0) is 30.1. The van der Waals surface area contributed by atoms with Crippen molar-refractivity contribution in [2.24, 2.45) is 0 Å². The van der Waals surface area contributed by atoms with Crippen LogP contribution in [0.25, 0.3) is 6.08 Å². The zero-order valence-electron chi connectivity index (χ0n) is 23.8. The molecular weight excluding hydrogens is 570 g/mol. The number of ether oxygens (including phenoxy) is 2. The van der Waals surface area contributed by atoms with Gasteiger partial charge in [-0.05, 0) is 73.7 Å². The first-order chi connectivity index (χ1) is 20.7. The van der Waals surface area contributed by atoms with E-state index in [1.807, 2.05) is 18.2 Å². The minimum Gasteiger partial charge on any atom is -0.493 e. The highest BCUT2D eigenvalue weighted by atomic mass is 32.2. The second kappa shape index (κ2) is 9.71. The molecule has 43 heavy (non-hydrogen) atoms. The minimum absolute atomic E-state index is 0.0786. The third kappa shape index (κ3) is 3.76. The van der Waals surface area contributed by atoms with Crippen LogP contribution in [-0.2, 0) is 26.7 Å². The highest BCUT2D eigenvalue weighted by Gasteiger charge is 2.74. The second-order valence-corrected chi connectivity index (χ2v) is 13.6. The topological polar surface area (TPSA) is 133 Å². The smallest absolute Gasteiger partial charge is 0.246 e. The van der Waals surface area contributed by atoms with Crippen LogP contribution in [0.5, 0.6) is 11.5 Å². The third-order valence-electron chi connectivity index (χ3n) is 9.98. The average Bonchev–Trinajstić information content (AvgIpc) is 3.65. The number of hydrogen-bond donors (Lipinski definition) is 1. The molecule has 1 saturated carbocycles. The summed E-state index contributed by atoms with van der Waals surface area (Å²) >= 11 is 0. The van der Waals surface area contributed by atoms with Gasteiger partial charge in [-0.2, -0.15) is 9.57 Å². The van der Waals surface area contributed by atoms with Gasteiger partial charge in [-0.3, -0.25) is 4.79 Å². The Morgan fingerprint density at radius 2 is 2.00 bits per heavy atom. The van der Waals surface area contributed by atoms with E-state index in [0.717, 1.165) is 16.7 Å². The lowest BCUT2D eigenvalue weighted by molar-refractivity contribution is -0.186. The molecule has 10 nitrogen and oxygen atoms in total. The molecule has 3 heterocycles. The molecule has 7 rings (SSSR count). The SMILES string of the molecule is COc1ccc2c3c1O[C@H]1[C@H](N(C)C(=O)/C=C/c4ccoc4)CC[C@@]4(O)[C@@H](C2)N(S(=O)(=O)c2ccc(C#N)cc2)CC[C@]314. The Bertz CT molecular complexity index is 1780. The number of methoxy groups -OCH3 is 1. The molecule has 2 fully saturated rings. The Hall–Kier alpha value is -4.11. The van der Waals surface area contributed by atoms with Crippen LogP contribution in [0, 0.1) is 11.3 Å². The molecule has 1 amide bonds. The Kier molecular flexibility index (Phi) is 6.25. The fourth-order valence-corrected chi connectivity index (χ4v) is 9.64. The molecule has 0 radical (unpaired) electrons. The van der Waals surface area contributed by atoms with E-state index in [0.29, 0.717) is 36.3 Å². The number of nitriles is 1. The molecule has 0 unspecified atom stereocenters. The Labute approximate surface area is 249 Å². The third-order valence-corrected chi connectivity index (χ3v) is 11.9. The fraction of sp³-hybridized carbons (Fsp3) is 0.375. The summed E-state index contributed by atoms with van der Waals surface area (Å²) in [5.41, 5.74) is 0.506. The van der Waals surface area contributed by atoms with Gasteiger partial charge in [0.25, 0.3) is 0 Å². The van der Waals surface area contributed by atoms with Crippen LogP contribution in [0.2, 0.25) is 0 Å². The molecule has 11 heteroatoms. The molecule has 2 aromatic carbocycles. The van der Waals surface area contributed by atoms with Gasteiger partial charge in [0, 0.05) is 30.8 Å². The van der Waals surface area contributed by atoms with Crippen LogP contribution in [0.15, 0.2) is 70.4 Å². The number of carbonyl (C=O) groups excluding carboxylic acids is 1. The molecule has 2 aliphatic carbocycles. The van der Waals surface area contributed by atoms with Crippen molar-refractivity contribution in [2.75, 3.05) is 20.7 Å². The summed E-state index contributed by atoms with van der Waals surface area (Å²) in [5.74, 6) is 0.892. The van der Waals surface area contributed by atoms with Gasteiger partial charge in [-0.15, -0.1) is 0 Å². The highest BCUT2D eigenvalue weighted by Crippen LogP contribution is 2.66. The molecule has 5 atom stereocenters. The first-order valence-electron chi connectivity index (χ1n) is 14.2. The molecule has 3 aromatic rings. The first-order valence-corrected chi connectivity index (χ1v) is 15.7. The van der Waals surface area contributed by atoms with E-state index in [4.69, 9.17) is 13.9 Å². The van der Waals surface area contributed by atoms with Crippen molar-refractivity contribution >= 4 is 22.0 Å². The molecule has 1 aromatic heterocycles. The molecule has 2 aliphatic heterocycles. The van der Waals surface area contributed by atoms with Gasteiger partial charge in [0.1, 0.15) is 6.10 Å². The maximum atomic E-state index is 14.1. The number of benzene rings is 2. The Morgan fingerprint density at radius 3 is 2.70 bits per heavy atom. The lowest BCUT2D eigenvalue weighted by atomic mass is 9.48. The number of sulfonamides is 1. The summed E-state index contributed by atoms with van der Waals surface area (Å²) in [6.07, 6.45) is 6.96. The van der Waals surface area contributed by atoms with E-state index in [-0.39, 0.29) is 29.8 Å². The van der Waals surface area contributed by atoms with Crippen molar-refractivity contribution in [1.82, 2.24) is 9.21 Å². The second-order valence-electron chi connectivity index (χ2n) is 11.7. The predicted octanol–water partition coefficient (Wildman–Crippen LogP) is 3.24. The Balaban J connectivity index is 1.31. The molecular formula is C32H31N3O7S. The number of nitrogens with zero attached hydrogens (tertiary/aromatic N) is 3. The van der Waals surface area contributed by atoms with Crippen molar-refractivity contribution in [3.63, 3.8) is 0 Å². The minimum atomic E-state index is -4.00. The number of likely N-dealkylation sites (N-methyl/N-ethyl adjacent to an activating group) is 1. The van der Waals surface area contributed by atoms with E-state index in [2.05, 4.69) is 0 Å². The summed E-state index contributed by atoms with van der Waals surface area (Å²) in [5, 5.41) is 22.0. The number of aliphatic hydroxyl groups is 1. The van der Waals surface area contributed by atoms with Gasteiger partial charge < -0.3 is 23.9 Å². The van der Waals surface area contributed by atoms with Crippen LogP contribution in [0.1, 0.15) is 41.5 Å². The number of piperidine rings is 1. The molecule has 1 N–H and O–H groups in total. The van der Waals surface area contributed by atoms with Gasteiger partial charge in [-0.1, -0.05) is 6.07 Å². The fourth-order valence-electron chi connectivity index (χ4n) is 7.97. The highest BCUT2D eigenvalue weighted by molar-refractivity contribution is 7.89. The number of amides is 1.